The van der Waals surface area contributed by atoms with Crippen LogP contribution in [-0.2, 0) is 16.6 Å². The van der Waals surface area contributed by atoms with E-state index in [0.717, 1.165) is 23.4 Å². The summed E-state index contributed by atoms with van der Waals surface area (Å²) in [7, 11) is 0. The van der Waals surface area contributed by atoms with Crippen molar-refractivity contribution in [1.82, 2.24) is 19.9 Å². The van der Waals surface area contributed by atoms with Crippen LogP contribution in [0.3, 0.4) is 0 Å². The highest BCUT2D eigenvalue weighted by Crippen LogP contribution is 2.50. The molecule has 2 heterocycles. The summed E-state index contributed by atoms with van der Waals surface area (Å²) >= 11 is 0. The first-order valence-electron chi connectivity index (χ1n) is 11.0. The Hall–Kier alpha value is -3.79. The number of hydrogen-bond donors (Lipinski definition) is 0. The molecule has 0 aliphatic heterocycles. The number of allylic oxidation sites excluding steroid dienone is 2. The monoisotopic (exact) mass is 439 g/mol. The van der Waals surface area contributed by atoms with E-state index in [9.17, 15) is 14.4 Å². The molecule has 0 N–H and O–H groups in total. The lowest BCUT2D eigenvalue weighted by molar-refractivity contribution is -0.121. The molecule has 7 heteroatoms. The third kappa shape index (κ3) is 3.25. The summed E-state index contributed by atoms with van der Waals surface area (Å²) in [6, 6.07) is 10.4. The van der Waals surface area contributed by atoms with Crippen LogP contribution in [0, 0.1) is 35.9 Å². The second-order valence-electron chi connectivity index (χ2n) is 9.00. The third-order valence-corrected chi connectivity index (χ3v) is 7.00. The number of benzene rings is 1. The average molecular weight is 439 g/mol. The van der Waals surface area contributed by atoms with Crippen molar-refractivity contribution >= 4 is 5.78 Å². The molecule has 33 heavy (non-hydrogen) atoms. The van der Waals surface area contributed by atoms with E-state index < -0.39 is 5.41 Å². The van der Waals surface area contributed by atoms with Crippen molar-refractivity contribution in [2.45, 2.75) is 39.0 Å². The Morgan fingerprint density at radius 1 is 1.21 bits per heavy atom. The standard InChI is InChI=1S/C26H22FN5O/c1-14-10-21(30-13-29-14)25-31-22(17-6-4-5-7-20(17)27)18-8-9-19-15(2)23(33)16(12-28)11-26(19,3)24(18)32-25/h4-7,10-11,13,15,19H,8-9H2,1-3H3/t15?,19?,26-/m1/s1. The van der Waals surface area contributed by atoms with Crippen LogP contribution in [0.5, 0.6) is 0 Å². The topological polar surface area (TPSA) is 92.4 Å². The second-order valence-corrected chi connectivity index (χ2v) is 9.00. The first kappa shape index (κ1) is 21.1. The highest BCUT2D eigenvalue weighted by Gasteiger charge is 2.49. The van der Waals surface area contributed by atoms with Crippen LogP contribution in [0.25, 0.3) is 22.8 Å². The molecular formula is C26H22FN5O. The van der Waals surface area contributed by atoms with Crippen LogP contribution in [-0.4, -0.2) is 25.7 Å². The first-order chi connectivity index (χ1) is 15.8. The van der Waals surface area contributed by atoms with E-state index in [1.807, 2.05) is 20.8 Å². The molecule has 5 rings (SSSR count). The maximum Gasteiger partial charge on any atom is 0.179 e. The van der Waals surface area contributed by atoms with Crippen LogP contribution < -0.4 is 0 Å². The molecule has 0 amide bonds. The maximum atomic E-state index is 14.9. The highest BCUT2D eigenvalue weighted by atomic mass is 19.1. The van der Waals surface area contributed by atoms with E-state index in [1.54, 1.807) is 30.3 Å². The third-order valence-electron chi connectivity index (χ3n) is 7.00. The van der Waals surface area contributed by atoms with Gasteiger partial charge in [0.05, 0.1) is 17.0 Å². The molecule has 0 fully saturated rings. The quantitative estimate of drug-likeness (QED) is 0.582. The zero-order valence-electron chi connectivity index (χ0n) is 18.6. The van der Waals surface area contributed by atoms with Crippen LogP contribution in [0.4, 0.5) is 4.39 Å². The smallest absolute Gasteiger partial charge is 0.179 e. The van der Waals surface area contributed by atoms with Crippen molar-refractivity contribution in [2.75, 3.05) is 0 Å². The molecule has 3 atom stereocenters. The van der Waals surface area contributed by atoms with Crippen molar-refractivity contribution in [1.29, 1.82) is 5.26 Å². The number of nitriles is 1. The van der Waals surface area contributed by atoms with Gasteiger partial charge in [0.2, 0.25) is 0 Å². The van der Waals surface area contributed by atoms with Crippen molar-refractivity contribution in [3.63, 3.8) is 0 Å². The molecule has 164 valence electrons. The molecule has 0 spiro atoms. The van der Waals surface area contributed by atoms with E-state index in [2.05, 4.69) is 16.0 Å². The zero-order chi connectivity index (χ0) is 23.3. The minimum atomic E-state index is -0.661. The minimum Gasteiger partial charge on any atom is -0.293 e. The highest BCUT2D eigenvalue weighted by molar-refractivity contribution is 6.02. The summed E-state index contributed by atoms with van der Waals surface area (Å²) in [5.41, 5.74) is 3.30. The van der Waals surface area contributed by atoms with Crippen LogP contribution >= 0.6 is 0 Å². The number of fused-ring (bicyclic) bond motifs is 3. The van der Waals surface area contributed by atoms with Gasteiger partial charge in [-0.05, 0) is 43.9 Å². The summed E-state index contributed by atoms with van der Waals surface area (Å²) in [5.74, 6) is -0.442. The summed E-state index contributed by atoms with van der Waals surface area (Å²) in [6.07, 6.45) is 4.55. The molecule has 0 saturated heterocycles. The van der Waals surface area contributed by atoms with E-state index >= 15 is 0 Å². The fourth-order valence-corrected chi connectivity index (χ4v) is 5.34. The van der Waals surface area contributed by atoms with E-state index in [-0.39, 0.29) is 29.0 Å². The Labute approximate surface area is 191 Å². The number of carbonyl (C=O) groups excluding carboxylic acids is 1. The van der Waals surface area contributed by atoms with E-state index in [4.69, 9.17) is 9.97 Å². The molecule has 2 aliphatic carbocycles. The Kier molecular flexibility index (Phi) is 4.89. The fourth-order valence-electron chi connectivity index (χ4n) is 5.34. The largest absolute Gasteiger partial charge is 0.293 e. The van der Waals surface area contributed by atoms with Crippen molar-refractivity contribution < 1.29 is 9.18 Å². The average Bonchev–Trinajstić information content (AvgIpc) is 2.81. The van der Waals surface area contributed by atoms with Gasteiger partial charge in [0.1, 0.15) is 23.9 Å². The lowest BCUT2D eigenvalue weighted by atomic mass is 9.57. The predicted octanol–water partition coefficient (Wildman–Crippen LogP) is 4.54. The SMILES string of the molecule is Cc1cc(-c2nc(-c3ccccc3F)c3c(n2)[C@]2(C)C=C(C#N)C(=O)C(C)C2CC3)ncn1. The van der Waals surface area contributed by atoms with Gasteiger partial charge in [0, 0.05) is 28.2 Å². The molecule has 0 radical (unpaired) electrons. The number of aryl methyl sites for hydroxylation is 1. The molecule has 0 saturated carbocycles. The number of aromatic nitrogens is 4. The number of rotatable bonds is 2. The molecule has 2 unspecified atom stereocenters. The van der Waals surface area contributed by atoms with Gasteiger partial charge in [-0.2, -0.15) is 5.26 Å². The van der Waals surface area contributed by atoms with Gasteiger partial charge in [-0.15, -0.1) is 0 Å². The van der Waals surface area contributed by atoms with Crippen molar-refractivity contribution in [2.24, 2.45) is 11.8 Å². The number of halogens is 1. The van der Waals surface area contributed by atoms with Gasteiger partial charge in [0.25, 0.3) is 0 Å². The first-order valence-corrected chi connectivity index (χ1v) is 11.0. The number of nitrogens with zero attached hydrogens (tertiary/aromatic N) is 5. The molecule has 2 aliphatic rings. The fraction of sp³-hybridized carbons (Fsp3) is 0.308. The zero-order valence-corrected chi connectivity index (χ0v) is 18.6. The molecule has 3 aromatic rings. The summed E-state index contributed by atoms with van der Waals surface area (Å²) in [4.78, 5) is 31.0. The van der Waals surface area contributed by atoms with Crippen molar-refractivity contribution in [3.05, 3.63) is 71.1 Å². The van der Waals surface area contributed by atoms with Gasteiger partial charge < -0.3 is 0 Å². The number of hydrogen-bond acceptors (Lipinski definition) is 6. The predicted molar refractivity (Wildman–Crippen MR) is 120 cm³/mol. The maximum absolute atomic E-state index is 14.9. The Morgan fingerprint density at radius 2 is 2.00 bits per heavy atom. The molecular weight excluding hydrogens is 417 g/mol. The Balaban J connectivity index is 1.84. The second kappa shape index (κ2) is 7.66. The van der Waals surface area contributed by atoms with E-state index in [1.165, 1.54) is 12.4 Å². The van der Waals surface area contributed by atoms with Gasteiger partial charge >= 0.3 is 0 Å². The van der Waals surface area contributed by atoms with Crippen molar-refractivity contribution in [3.8, 4) is 28.8 Å². The molecule has 6 nitrogen and oxygen atoms in total. The summed E-state index contributed by atoms with van der Waals surface area (Å²) in [6.45, 7) is 5.76. The Morgan fingerprint density at radius 3 is 2.73 bits per heavy atom. The molecule has 2 aromatic heterocycles. The van der Waals surface area contributed by atoms with Gasteiger partial charge in [-0.1, -0.05) is 32.1 Å². The lowest BCUT2D eigenvalue weighted by Crippen LogP contribution is -2.46. The van der Waals surface area contributed by atoms with Gasteiger partial charge in [-0.3, -0.25) is 4.79 Å². The van der Waals surface area contributed by atoms with Gasteiger partial charge in [-0.25, -0.2) is 24.3 Å². The van der Waals surface area contributed by atoms with E-state index in [0.29, 0.717) is 29.2 Å². The Bertz CT molecular complexity index is 1380. The number of Topliss-reactive ketones (excluding diaryl/α,β-unsaturated/α-hetero) is 1. The van der Waals surface area contributed by atoms with Crippen LogP contribution in [0.2, 0.25) is 0 Å². The lowest BCUT2D eigenvalue weighted by Gasteiger charge is -2.45. The number of ketones is 1. The van der Waals surface area contributed by atoms with Crippen LogP contribution in [0.1, 0.15) is 37.2 Å². The molecule has 0 bridgehead atoms. The summed E-state index contributed by atoms with van der Waals surface area (Å²) < 4.78 is 14.9. The number of carbonyl (C=O) groups is 1. The minimum absolute atomic E-state index is 0.0158. The normalized spacial score (nSPS) is 23.8. The summed E-state index contributed by atoms with van der Waals surface area (Å²) in [5, 5.41) is 9.63. The van der Waals surface area contributed by atoms with Gasteiger partial charge in [0.15, 0.2) is 11.6 Å². The molecule has 1 aromatic carbocycles. The van der Waals surface area contributed by atoms with Crippen LogP contribution in [0.15, 0.2) is 48.3 Å².